The van der Waals surface area contributed by atoms with Gasteiger partial charge in [-0.25, -0.2) is 12.8 Å². The van der Waals surface area contributed by atoms with E-state index < -0.39 is 26.8 Å². The van der Waals surface area contributed by atoms with Crippen LogP contribution in [-0.4, -0.2) is 57.9 Å². The maximum Gasteiger partial charge on any atom is 0.244 e. The molecule has 144 valence electrons. The number of benzene rings is 1. The lowest BCUT2D eigenvalue weighted by molar-refractivity contribution is -0.138. The van der Waals surface area contributed by atoms with E-state index >= 15 is 0 Å². The smallest absolute Gasteiger partial charge is 0.244 e. The average Bonchev–Trinajstić information content (AvgIpc) is 3.15. The number of amides is 1. The Morgan fingerprint density at radius 3 is 2.46 bits per heavy atom. The molecule has 0 unspecified atom stereocenters. The number of ether oxygens (including phenoxy) is 2. The molecule has 2 heterocycles. The molecule has 7 nitrogen and oxygen atoms in total. The zero-order valence-corrected chi connectivity index (χ0v) is 15.4. The Kier molecular flexibility index (Phi) is 5.91. The van der Waals surface area contributed by atoms with E-state index in [0.29, 0.717) is 26.3 Å². The van der Waals surface area contributed by atoms with Crippen LogP contribution in [0.4, 0.5) is 4.39 Å². The van der Waals surface area contributed by atoms with E-state index in [0.717, 1.165) is 18.9 Å². The molecule has 3 rings (SSSR count). The van der Waals surface area contributed by atoms with Crippen molar-refractivity contribution in [2.75, 3.05) is 26.3 Å². The minimum atomic E-state index is -4.11. The second-order valence-corrected chi connectivity index (χ2v) is 8.23. The van der Waals surface area contributed by atoms with E-state index in [1.165, 1.54) is 25.1 Å². The summed E-state index contributed by atoms with van der Waals surface area (Å²) in [5, 5.41) is 0. The summed E-state index contributed by atoms with van der Waals surface area (Å²) >= 11 is 0. The Morgan fingerprint density at radius 1 is 1.23 bits per heavy atom. The van der Waals surface area contributed by atoms with Crippen LogP contribution in [0.15, 0.2) is 29.2 Å². The Labute approximate surface area is 152 Å². The third-order valence-electron chi connectivity index (χ3n) is 4.71. The molecule has 1 aromatic carbocycles. The fraction of sp³-hybridized carbons (Fsp3) is 0.588. The highest BCUT2D eigenvalue weighted by molar-refractivity contribution is 7.89. The molecule has 26 heavy (non-hydrogen) atoms. The highest BCUT2D eigenvalue weighted by atomic mass is 32.2. The molecule has 0 bridgehead atoms. The van der Waals surface area contributed by atoms with Gasteiger partial charge in [-0.1, -0.05) is 12.1 Å². The van der Waals surface area contributed by atoms with Crippen LogP contribution >= 0.6 is 0 Å². The summed E-state index contributed by atoms with van der Waals surface area (Å²) in [5.74, 6) is -0.930. The summed E-state index contributed by atoms with van der Waals surface area (Å²) in [5.41, 5.74) is 0. The average molecular weight is 386 g/mol. The molecular weight excluding hydrogens is 363 g/mol. The third kappa shape index (κ3) is 4.22. The molecule has 2 saturated heterocycles. The Hall–Kier alpha value is -1.55. The molecule has 1 atom stereocenters. The van der Waals surface area contributed by atoms with E-state index in [1.807, 2.05) is 0 Å². The van der Waals surface area contributed by atoms with Crippen LogP contribution in [0.2, 0.25) is 0 Å². The molecule has 0 aliphatic carbocycles. The zero-order valence-electron chi connectivity index (χ0n) is 14.6. The molecule has 0 radical (unpaired) electrons. The maximum atomic E-state index is 13.7. The van der Waals surface area contributed by atoms with Crippen molar-refractivity contribution in [3.8, 4) is 0 Å². The van der Waals surface area contributed by atoms with Gasteiger partial charge in [0, 0.05) is 19.0 Å². The lowest BCUT2D eigenvalue weighted by atomic mass is 9.96. The van der Waals surface area contributed by atoms with Gasteiger partial charge in [-0.15, -0.1) is 0 Å². The van der Waals surface area contributed by atoms with Crippen molar-refractivity contribution in [2.45, 2.75) is 37.0 Å². The van der Waals surface area contributed by atoms with Crippen LogP contribution in [0.1, 0.15) is 19.8 Å². The number of piperidine rings is 1. The summed E-state index contributed by atoms with van der Waals surface area (Å²) in [6.45, 7) is 3.68. The molecule has 1 N–H and O–H groups in total. The topological polar surface area (TPSA) is 84.9 Å². The van der Waals surface area contributed by atoms with Crippen molar-refractivity contribution in [1.82, 2.24) is 9.62 Å². The second kappa shape index (κ2) is 7.99. The van der Waals surface area contributed by atoms with Gasteiger partial charge in [0.25, 0.3) is 0 Å². The highest BCUT2D eigenvalue weighted by Crippen LogP contribution is 2.26. The second-order valence-electron chi connectivity index (χ2n) is 6.55. The number of likely N-dealkylation sites (tertiary alicyclic amines) is 1. The summed E-state index contributed by atoms with van der Waals surface area (Å²) in [6.07, 6.45) is 1.27. The largest absolute Gasteiger partial charge is 0.350 e. The van der Waals surface area contributed by atoms with Gasteiger partial charge in [-0.2, -0.15) is 4.72 Å². The third-order valence-corrected chi connectivity index (χ3v) is 6.29. The first-order valence-electron chi connectivity index (χ1n) is 8.67. The zero-order chi connectivity index (χ0) is 18.7. The van der Waals surface area contributed by atoms with Gasteiger partial charge in [0.05, 0.1) is 19.3 Å². The summed E-state index contributed by atoms with van der Waals surface area (Å²) in [7, 11) is -4.11. The first kappa shape index (κ1) is 19.2. The Bertz CT molecular complexity index is 743. The minimum absolute atomic E-state index is 0.204. The van der Waals surface area contributed by atoms with Crippen LogP contribution in [-0.2, 0) is 24.3 Å². The molecule has 9 heteroatoms. The molecule has 2 fully saturated rings. The number of hydrogen-bond donors (Lipinski definition) is 1. The first-order chi connectivity index (χ1) is 12.4. The highest BCUT2D eigenvalue weighted by Gasteiger charge is 2.34. The van der Waals surface area contributed by atoms with Crippen molar-refractivity contribution < 1.29 is 27.1 Å². The summed E-state index contributed by atoms with van der Waals surface area (Å²) in [6, 6.07) is 4.10. The normalized spacial score (nSPS) is 21.1. The van der Waals surface area contributed by atoms with Gasteiger partial charge in [-0.3, -0.25) is 4.79 Å². The van der Waals surface area contributed by atoms with Crippen molar-refractivity contribution in [3.63, 3.8) is 0 Å². The fourth-order valence-electron chi connectivity index (χ4n) is 3.32. The van der Waals surface area contributed by atoms with E-state index in [1.54, 1.807) is 4.90 Å². The number of hydrogen-bond acceptors (Lipinski definition) is 5. The number of sulfonamides is 1. The van der Waals surface area contributed by atoms with Gasteiger partial charge in [0.15, 0.2) is 6.29 Å². The summed E-state index contributed by atoms with van der Waals surface area (Å²) in [4.78, 5) is 13.7. The monoisotopic (exact) mass is 386 g/mol. The van der Waals surface area contributed by atoms with Gasteiger partial charge in [0.2, 0.25) is 15.9 Å². The predicted octanol–water partition coefficient (Wildman–Crippen LogP) is 1.10. The fourth-order valence-corrected chi connectivity index (χ4v) is 4.60. The SMILES string of the molecule is C[C@H](NS(=O)(=O)c1ccccc1F)C(=O)N1CCC(C2OCCO2)CC1. The van der Waals surface area contributed by atoms with Crippen LogP contribution in [0.25, 0.3) is 0 Å². The van der Waals surface area contributed by atoms with Crippen LogP contribution < -0.4 is 4.72 Å². The molecule has 1 amide bonds. The molecule has 2 aliphatic rings. The number of carbonyl (C=O) groups is 1. The van der Waals surface area contributed by atoms with E-state index in [-0.39, 0.29) is 18.1 Å². The van der Waals surface area contributed by atoms with Crippen LogP contribution in [0.3, 0.4) is 0 Å². The summed E-state index contributed by atoms with van der Waals surface area (Å²) < 4.78 is 51.7. The van der Waals surface area contributed by atoms with Crippen molar-refractivity contribution in [1.29, 1.82) is 0 Å². The number of nitrogens with zero attached hydrogens (tertiary/aromatic N) is 1. The van der Waals surface area contributed by atoms with Crippen LogP contribution in [0, 0.1) is 11.7 Å². The van der Waals surface area contributed by atoms with Gasteiger partial charge >= 0.3 is 0 Å². The standard InChI is InChI=1S/C17H23FN2O5S/c1-12(19-26(22,23)15-5-3-2-4-14(15)18)16(21)20-8-6-13(7-9-20)17-24-10-11-25-17/h2-5,12-13,17,19H,6-11H2,1H3/t12-/m0/s1. The lowest BCUT2D eigenvalue weighted by Gasteiger charge is -2.35. The van der Waals surface area contributed by atoms with E-state index in [9.17, 15) is 17.6 Å². The van der Waals surface area contributed by atoms with Crippen molar-refractivity contribution in [2.24, 2.45) is 5.92 Å². The molecule has 0 aromatic heterocycles. The van der Waals surface area contributed by atoms with Gasteiger partial charge < -0.3 is 14.4 Å². The van der Waals surface area contributed by atoms with Crippen LogP contribution in [0.5, 0.6) is 0 Å². The molecule has 2 aliphatic heterocycles. The Balaban J connectivity index is 1.57. The molecule has 1 aromatic rings. The van der Waals surface area contributed by atoms with Crippen molar-refractivity contribution in [3.05, 3.63) is 30.1 Å². The number of rotatable bonds is 5. The molecule has 0 spiro atoms. The number of halogens is 1. The first-order valence-corrected chi connectivity index (χ1v) is 10.2. The van der Waals surface area contributed by atoms with Crippen molar-refractivity contribution >= 4 is 15.9 Å². The maximum absolute atomic E-state index is 13.7. The lowest BCUT2D eigenvalue weighted by Crippen LogP contribution is -2.50. The van der Waals surface area contributed by atoms with Gasteiger partial charge in [0.1, 0.15) is 10.7 Å². The minimum Gasteiger partial charge on any atom is -0.350 e. The Morgan fingerprint density at radius 2 is 1.85 bits per heavy atom. The van der Waals surface area contributed by atoms with E-state index in [4.69, 9.17) is 9.47 Å². The van der Waals surface area contributed by atoms with Gasteiger partial charge in [-0.05, 0) is 31.9 Å². The number of nitrogens with one attached hydrogen (secondary N) is 1. The molecule has 0 saturated carbocycles. The predicted molar refractivity (Wildman–Crippen MR) is 91.2 cm³/mol. The number of carbonyl (C=O) groups excluding carboxylic acids is 1. The quantitative estimate of drug-likeness (QED) is 0.819. The van der Waals surface area contributed by atoms with E-state index in [2.05, 4.69) is 4.72 Å². The molecular formula is C17H23FN2O5S.